The number of oxime groups is 1. The Labute approximate surface area is 118 Å². The number of benzene rings is 1. The number of nitrogens with zero attached hydrogens (tertiary/aromatic N) is 1. The van der Waals surface area contributed by atoms with Crippen molar-refractivity contribution in [2.24, 2.45) is 16.3 Å². The van der Waals surface area contributed by atoms with Crippen LogP contribution < -0.4 is 10.5 Å². The molecule has 1 aromatic carbocycles. The van der Waals surface area contributed by atoms with Gasteiger partial charge in [0.15, 0.2) is 5.75 Å². The molecule has 0 bridgehead atoms. The highest BCUT2D eigenvalue weighted by Gasteiger charge is 2.20. The summed E-state index contributed by atoms with van der Waals surface area (Å²) in [5, 5.41) is 12.7. The lowest BCUT2D eigenvalue weighted by molar-refractivity contribution is 0.242. The third-order valence-corrected chi connectivity index (χ3v) is 2.99. The minimum Gasteiger partial charge on any atom is -0.489 e. The maximum atomic E-state index is 8.84. The highest BCUT2D eigenvalue weighted by molar-refractivity contribution is 6.03. The Morgan fingerprint density at radius 2 is 2.05 bits per heavy atom. The predicted molar refractivity (Wildman–Crippen MR) is 78.3 cm³/mol. The zero-order valence-electron chi connectivity index (χ0n) is 12.0. The Hall–Kier alpha value is -2.17. The molecule has 0 atom stereocenters. The number of ether oxygens (including phenoxy) is 1. The van der Waals surface area contributed by atoms with Gasteiger partial charge in [0.1, 0.15) is 5.58 Å². The zero-order chi connectivity index (χ0) is 14.8. The molecule has 0 aliphatic heterocycles. The van der Waals surface area contributed by atoms with Gasteiger partial charge in [0.2, 0.25) is 11.6 Å². The number of fused-ring (bicyclic) bond motifs is 1. The highest BCUT2D eigenvalue weighted by Crippen LogP contribution is 2.33. The maximum Gasteiger partial charge on any atom is 0.215 e. The number of para-hydroxylation sites is 1. The largest absolute Gasteiger partial charge is 0.489 e. The molecule has 0 amide bonds. The Morgan fingerprint density at radius 3 is 2.70 bits per heavy atom. The molecule has 0 fully saturated rings. The van der Waals surface area contributed by atoms with E-state index in [1.54, 1.807) is 0 Å². The van der Waals surface area contributed by atoms with E-state index >= 15 is 0 Å². The van der Waals surface area contributed by atoms with Crippen LogP contribution in [0, 0.1) is 5.41 Å². The molecule has 0 aliphatic rings. The van der Waals surface area contributed by atoms with Crippen molar-refractivity contribution in [2.75, 3.05) is 6.61 Å². The smallest absolute Gasteiger partial charge is 0.215 e. The molecule has 108 valence electrons. The third kappa shape index (κ3) is 3.04. The van der Waals surface area contributed by atoms with Crippen molar-refractivity contribution in [2.45, 2.75) is 27.2 Å². The Balaban J connectivity index is 2.34. The number of hydrogen-bond acceptors (Lipinski definition) is 4. The van der Waals surface area contributed by atoms with Crippen molar-refractivity contribution in [3.05, 3.63) is 30.0 Å². The lowest BCUT2D eigenvalue weighted by Crippen LogP contribution is -2.15. The number of furan rings is 1. The molecular weight excluding hydrogens is 256 g/mol. The minimum absolute atomic E-state index is 0.0908. The van der Waals surface area contributed by atoms with E-state index in [4.69, 9.17) is 20.1 Å². The van der Waals surface area contributed by atoms with Crippen LogP contribution in [0.3, 0.4) is 0 Å². The summed E-state index contributed by atoms with van der Waals surface area (Å²) in [5.74, 6) is 0.703. The molecule has 0 aliphatic carbocycles. The summed E-state index contributed by atoms with van der Waals surface area (Å²) < 4.78 is 11.4. The van der Waals surface area contributed by atoms with Crippen molar-refractivity contribution < 1.29 is 14.4 Å². The number of rotatable bonds is 4. The Morgan fingerprint density at radius 1 is 1.35 bits per heavy atom. The van der Waals surface area contributed by atoms with E-state index in [1.165, 1.54) is 0 Å². The highest BCUT2D eigenvalue weighted by atomic mass is 16.5. The van der Waals surface area contributed by atoms with Crippen LogP contribution in [-0.2, 0) is 0 Å². The summed E-state index contributed by atoms with van der Waals surface area (Å²) in [6.07, 6.45) is 0.891. The van der Waals surface area contributed by atoms with E-state index in [0.29, 0.717) is 17.9 Å². The van der Waals surface area contributed by atoms with Gasteiger partial charge in [-0.05, 0) is 24.0 Å². The number of amidine groups is 1. The van der Waals surface area contributed by atoms with Gasteiger partial charge in [-0.1, -0.05) is 38.1 Å². The lowest BCUT2D eigenvalue weighted by atomic mass is 9.93. The van der Waals surface area contributed by atoms with Crippen LogP contribution in [0.5, 0.6) is 5.75 Å². The fraction of sp³-hybridized carbons (Fsp3) is 0.400. The first kappa shape index (κ1) is 14.2. The van der Waals surface area contributed by atoms with Crippen molar-refractivity contribution in [1.82, 2.24) is 0 Å². The summed E-state index contributed by atoms with van der Waals surface area (Å²) in [6, 6.07) is 7.46. The second kappa shape index (κ2) is 5.45. The number of nitrogens with two attached hydrogens (primary N) is 1. The fourth-order valence-corrected chi connectivity index (χ4v) is 1.84. The van der Waals surface area contributed by atoms with E-state index in [0.717, 1.165) is 11.8 Å². The number of hydrogen-bond donors (Lipinski definition) is 2. The van der Waals surface area contributed by atoms with Gasteiger partial charge in [-0.15, -0.1) is 0 Å². The first-order valence-corrected chi connectivity index (χ1v) is 6.54. The Kier molecular flexibility index (Phi) is 3.88. The third-order valence-electron chi connectivity index (χ3n) is 2.99. The topological polar surface area (TPSA) is 81.0 Å². The summed E-state index contributed by atoms with van der Waals surface area (Å²) >= 11 is 0. The molecule has 2 aromatic rings. The second-order valence-electron chi connectivity index (χ2n) is 5.90. The molecule has 0 saturated carbocycles. The van der Waals surface area contributed by atoms with Crippen LogP contribution in [0.4, 0.5) is 0 Å². The van der Waals surface area contributed by atoms with Gasteiger partial charge in [0, 0.05) is 0 Å². The summed E-state index contributed by atoms with van der Waals surface area (Å²) in [5.41, 5.74) is 6.47. The molecule has 1 aromatic heterocycles. The first-order valence-electron chi connectivity index (χ1n) is 6.54. The summed E-state index contributed by atoms with van der Waals surface area (Å²) in [4.78, 5) is 0. The van der Waals surface area contributed by atoms with E-state index < -0.39 is 0 Å². The zero-order valence-corrected chi connectivity index (χ0v) is 12.0. The van der Waals surface area contributed by atoms with E-state index in [-0.39, 0.29) is 17.0 Å². The molecule has 0 unspecified atom stereocenters. The van der Waals surface area contributed by atoms with Gasteiger partial charge in [0.25, 0.3) is 0 Å². The first-order chi connectivity index (χ1) is 9.42. The maximum absolute atomic E-state index is 8.84. The molecule has 0 saturated heterocycles. The monoisotopic (exact) mass is 276 g/mol. The van der Waals surface area contributed by atoms with Crippen LogP contribution in [-0.4, -0.2) is 17.6 Å². The van der Waals surface area contributed by atoms with Gasteiger partial charge in [-0.25, -0.2) is 0 Å². The quantitative estimate of drug-likeness (QED) is 0.388. The molecular formula is C15H20N2O3. The average molecular weight is 276 g/mol. The van der Waals surface area contributed by atoms with E-state index in [1.807, 2.05) is 24.3 Å². The molecule has 1 heterocycles. The van der Waals surface area contributed by atoms with Gasteiger partial charge in [-0.2, -0.15) is 0 Å². The van der Waals surface area contributed by atoms with Gasteiger partial charge in [-0.3, -0.25) is 0 Å². The van der Waals surface area contributed by atoms with Gasteiger partial charge >= 0.3 is 0 Å². The van der Waals surface area contributed by atoms with Crippen molar-refractivity contribution >= 4 is 16.8 Å². The van der Waals surface area contributed by atoms with Crippen LogP contribution in [0.2, 0.25) is 0 Å². The molecule has 0 radical (unpaired) electrons. The SMILES string of the molecule is CC(C)(C)CCOc1c(/C(N)=N/O)oc2ccccc12. The van der Waals surface area contributed by atoms with Crippen molar-refractivity contribution in [3.63, 3.8) is 0 Å². The summed E-state index contributed by atoms with van der Waals surface area (Å²) in [7, 11) is 0. The molecule has 3 N–H and O–H groups in total. The second-order valence-corrected chi connectivity index (χ2v) is 5.90. The van der Waals surface area contributed by atoms with Gasteiger partial charge < -0.3 is 20.1 Å². The van der Waals surface area contributed by atoms with E-state index in [9.17, 15) is 0 Å². The molecule has 5 nitrogen and oxygen atoms in total. The van der Waals surface area contributed by atoms with E-state index in [2.05, 4.69) is 25.9 Å². The molecule has 0 spiro atoms. The standard InChI is InChI=1S/C15H20N2O3/c1-15(2,3)8-9-19-12-10-6-4-5-7-11(10)20-13(12)14(16)17-18/h4-7,18H,8-9H2,1-3H3,(H2,16,17). The fourth-order valence-electron chi connectivity index (χ4n) is 1.84. The minimum atomic E-state index is -0.0908. The van der Waals surface area contributed by atoms with Crippen LogP contribution in [0.15, 0.2) is 33.8 Å². The van der Waals surface area contributed by atoms with Crippen LogP contribution >= 0.6 is 0 Å². The van der Waals surface area contributed by atoms with Gasteiger partial charge in [0.05, 0.1) is 12.0 Å². The normalized spacial score (nSPS) is 12.8. The molecule has 20 heavy (non-hydrogen) atoms. The Bertz CT molecular complexity index is 624. The average Bonchev–Trinajstić information content (AvgIpc) is 2.76. The van der Waals surface area contributed by atoms with Crippen LogP contribution in [0.1, 0.15) is 33.0 Å². The van der Waals surface area contributed by atoms with Crippen LogP contribution in [0.25, 0.3) is 11.0 Å². The molecule has 2 rings (SSSR count). The molecule has 5 heteroatoms. The van der Waals surface area contributed by atoms with Crippen molar-refractivity contribution in [1.29, 1.82) is 0 Å². The summed E-state index contributed by atoms with van der Waals surface area (Å²) in [6.45, 7) is 6.98. The predicted octanol–water partition coefficient (Wildman–Crippen LogP) is 3.34. The van der Waals surface area contributed by atoms with Crippen molar-refractivity contribution in [3.8, 4) is 5.75 Å². The lowest BCUT2D eigenvalue weighted by Gasteiger charge is -2.18.